The van der Waals surface area contributed by atoms with Gasteiger partial charge in [-0.2, -0.15) is 0 Å². The summed E-state index contributed by atoms with van der Waals surface area (Å²) in [5.41, 5.74) is 7.13. The van der Waals surface area contributed by atoms with Gasteiger partial charge in [0.1, 0.15) is 0 Å². The van der Waals surface area contributed by atoms with Crippen molar-refractivity contribution >= 4 is 17.7 Å². The van der Waals surface area contributed by atoms with E-state index < -0.39 is 12.1 Å². The van der Waals surface area contributed by atoms with Crippen molar-refractivity contribution in [1.29, 1.82) is 0 Å². The van der Waals surface area contributed by atoms with Gasteiger partial charge < -0.3 is 11.1 Å². The van der Waals surface area contributed by atoms with E-state index in [-0.39, 0.29) is 42.8 Å². The van der Waals surface area contributed by atoms with Crippen LogP contribution in [0.25, 0.3) is 0 Å². The van der Waals surface area contributed by atoms with Crippen LogP contribution in [0.4, 0.5) is 0 Å². The van der Waals surface area contributed by atoms with Gasteiger partial charge in [-0.3, -0.25) is 24.2 Å². The van der Waals surface area contributed by atoms with Crippen LogP contribution in [0.15, 0.2) is 30.3 Å². The van der Waals surface area contributed by atoms with E-state index in [2.05, 4.69) is 5.32 Å². The number of nitrogens with two attached hydrogens (primary N) is 1. The highest BCUT2D eigenvalue weighted by Gasteiger charge is 2.39. The van der Waals surface area contributed by atoms with E-state index in [9.17, 15) is 14.4 Å². The second-order valence-electron chi connectivity index (χ2n) is 9.34. The van der Waals surface area contributed by atoms with Crippen LogP contribution >= 0.6 is 0 Å². The zero-order valence-corrected chi connectivity index (χ0v) is 19.5. The molecule has 1 saturated heterocycles. The lowest BCUT2D eigenvalue weighted by molar-refractivity contribution is -0.150. The summed E-state index contributed by atoms with van der Waals surface area (Å²) in [6.07, 6.45) is 6.61. The number of carbonyl (C=O) groups excluding carboxylic acids is 3. The van der Waals surface area contributed by atoms with Crippen molar-refractivity contribution in [3.8, 4) is 0 Å². The SMILES string of the molecule is CC[C@H](C)[C@H](N)C(=O)N(Cc1ccccc1)C(=O)[C@@H]1CCCN1CC(=O)NC1CCCC1. The maximum Gasteiger partial charge on any atom is 0.246 e. The Kier molecular flexibility index (Phi) is 8.82. The van der Waals surface area contributed by atoms with Gasteiger partial charge in [-0.05, 0) is 43.7 Å². The Morgan fingerprint density at radius 1 is 1.12 bits per heavy atom. The lowest BCUT2D eigenvalue weighted by atomic mass is 9.98. The average molecular weight is 443 g/mol. The average Bonchev–Trinajstić information content (AvgIpc) is 3.48. The van der Waals surface area contributed by atoms with Gasteiger partial charge in [0.25, 0.3) is 0 Å². The van der Waals surface area contributed by atoms with Crippen LogP contribution in [0, 0.1) is 5.92 Å². The topological polar surface area (TPSA) is 95.7 Å². The molecule has 1 aromatic rings. The summed E-state index contributed by atoms with van der Waals surface area (Å²) in [5.74, 6) is -0.640. The van der Waals surface area contributed by atoms with Gasteiger partial charge in [0.15, 0.2) is 0 Å². The Morgan fingerprint density at radius 2 is 1.81 bits per heavy atom. The van der Waals surface area contributed by atoms with E-state index in [1.165, 1.54) is 4.90 Å². The van der Waals surface area contributed by atoms with E-state index in [4.69, 9.17) is 5.73 Å². The van der Waals surface area contributed by atoms with Crippen LogP contribution in [0.5, 0.6) is 0 Å². The second kappa shape index (κ2) is 11.6. The van der Waals surface area contributed by atoms with Gasteiger partial charge in [0.2, 0.25) is 17.7 Å². The van der Waals surface area contributed by atoms with Crippen molar-refractivity contribution in [2.45, 2.75) is 83.5 Å². The first-order valence-electron chi connectivity index (χ1n) is 12.1. The van der Waals surface area contributed by atoms with Crippen molar-refractivity contribution in [3.05, 3.63) is 35.9 Å². The number of hydrogen-bond donors (Lipinski definition) is 2. The third-order valence-corrected chi connectivity index (χ3v) is 6.97. The highest BCUT2D eigenvalue weighted by Crippen LogP contribution is 2.22. The van der Waals surface area contributed by atoms with Gasteiger partial charge >= 0.3 is 0 Å². The first kappa shape index (κ1) is 24.4. The molecule has 3 rings (SSSR count). The summed E-state index contributed by atoms with van der Waals surface area (Å²) < 4.78 is 0. The largest absolute Gasteiger partial charge is 0.352 e. The van der Waals surface area contributed by atoms with Crippen molar-refractivity contribution in [2.75, 3.05) is 13.1 Å². The minimum Gasteiger partial charge on any atom is -0.352 e. The van der Waals surface area contributed by atoms with Crippen LogP contribution < -0.4 is 11.1 Å². The summed E-state index contributed by atoms with van der Waals surface area (Å²) in [6.45, 7) is 4.99. The standard InChI is InChI=1S/C25H38N4O3/c1-3-18(2)23(26)25(32)29(16-19-10-5-4-6-11-19)24(31)21-14-9-15-28(21)17-22(30)27-20-12-7-8-13-20/h4-6,10-11,18,20-21,23H,3,7-9,12-17,26H2,1-2H3,(H,27,30)/t18-,21-,23-/m0/s1. The molecule has 0 spiro atoms. The van der Waals surface area contributed by atoms with Gasteiger partial charge in [-0.15, -0.1) is 0 Å². The van der Waals surface area contributed by atoms with Crippen LogP contribution in [-0.2, 0) is 20.9 Å². The molecule has 1 aliphatic heterocycles. The Morgan fingerprint density at radius 3 is 2.47 bits per heavy atom. The fourth-order valence-corrected chi connectivity index (χ4v) is 4.71. The van der Waals surface area contributed by atoms with Crippen LogP contribution in [-0.4, -0.2) is 58.7 Å². The normalized spacial score (nSPS) is 21.3. The number of amides is 3. The smallest absolute Gasteiger partial charge is 0.246 e. The van der Waals surface area contributed by atoms with E-state index in [0.29, 0.717) is 13.0 Å². The fraction of sp³-hybridized carbons (Fsp3) is 0.640. The number of nitrogens with one attached hydrogen (secondary N) is 1. The summed E-state index contributed by atoms with van der Waals surface area (Å²) in [5, 5.41) is 3.11. The molecule has 176 valence electrons. The molecule has 2 fully saturated rings. The number of nitrogens with zero attached hydrogens (tertiary/aromatic N) is 2. The zero-order valence-electron chi connectivity index (χ0n) is 19.5. The molecule has 1 saturated carbocycles. The summed E-state index contributed by atoms with van der Waals surface area (Å²) >= 11 is 0. The van der Waals surface area contributed by atoms with Crippen LogP contribution in [0.3, 0.4) is 0 Å². The molecule has 3 N–H and O–H groups in total. The van der Waals surface area contributed by atoms with Crippen molar-refractivity contribution in [2.24, 2.45) is 11.7 Å². The Balaban J connectivity index is 1.72. The van der Waals surface area contributed by atoms with Gasteiger partial charge in [-0.25, -0.2) is 0 Å². The van der Waals surface area contributed by atoms with Gasteiger partial charge in [-0.1, -0.05) is 63.4 Å². The quantitative estimate of drug-likeness (QED) is 0.612. The van der Waals surface area contributed by atoms with E-state index in [1.54, 1.807) is 0 Å². The number of likely N-dealkylation sites (tertiary alicyclic amines) is 1. The third kappa shape index (κ3) is 6.17. The number of imide groups is 1. The molecule has 3 atom stereocenters. The van der Waals surface area contributed by atoms with Crippen molar-refractivity contribution < 1.29 is 14.4 Å². The molecule has 3 amide bonds. The second-order valence-corrected chi connectivity index (χ2v) is 9.34. The summed E-state index contributed by atoms with van der Waals surface area (Å²) in [4.78, 5) is 42.7. The molecule has 32 heavy (non-hydrogen) atoms. The van der Waals surface area contributed by atoms with Gasteiger partial charge in [0, 0.05) is 6.04 Å². The maximum atomic E-state index is 13.6. The number of rotatable bonds is 9. The first-order chi connectivity index (χ1) is 15.4. The van der Waals surface area contributed by atoms with Crippen molar-refractivity contribution in [1.82, 2.24) is 15.1 Å². The predicted molar refractivity (Wildman–Crippen MR) is 124 cm³/mol. The first-order valence-corrected chi connectivity index (χ1v) is 12.1. The Labute approximate surface area is 191 Å². The zero-order chi connectivity index (χ0) is 23.1. The molecule has 0 bridgehead atoms. The molecule has 7 nitrogen and oxygen atoms in total. The monoisotopic (exact) mass is 442 g/mol. The molecular formula is C25H38N4O3. The molecule has 1 heterocycles. The number of hydrogen-bond acceptors (Lipinski definition) is 5. The van der Waals surface area contributed by atoms with E-state index in [1.807, 2.05) is 49.1 Å². The highest BCUT2D eigenvalue weighted by atomic mass is 16.2. The minimum atomic E-state index is -0.729. The Hall–Kier alpha value is -2.25. The van der Waals surface area contributed by atoms with E-state index in [0.717, 1.165) is 44.1 Å². The van der Waals surface area contributed by atoms with Crippen LogP contribution in [0.2, 0.25) is 0 Å². The molecule has 2 aliphatic rings. The Bertz CT molecular complexity index is 779. The third-order valence-electron chi connectivity index (χ3n) is 6.97. The lowest BCUT2D eigenvalue weighted by Gasteiger charge is -2.31. The van der Waals surface area contributed by atoms with Crippen LogP contribution in [0.1, 0.15) is 64.4 Å². The fourth-order valence-electron chi connectivity index (χ4n) is 4.71. The molecule has 7 heteroatoms. The van der Waals surface area contributed by atoms with Crippen molar-refractivity contribution in [3.63, 3.8) is 0 Å². The maximum absolute atomic E-state index is 13.6. The summed E-state index contributed by atoms with van der Waals surface area (Å²) in [6, 6.07) is 8.56. The molecule has 0 radical (unpaired) electrons. The molecular weight excluding hydrogens is 404 g/mol. The predicted octanol–water partition coefficient (Wildman–Crippen LogP) is 2.44. The van der Waals surface area contributed by atoms with E-state index >= 15 is 0 Å². The highest BCUT2D eigenvalue weighted by molar-refractivity contribution is 6.00. The van der Waals surface area contributed by atoms with Gasteiger partial charge in [0.05, 0.1) is 25.2 Å². The summed E-state index contributed by atoms with van der Waals surface area (Å²) in [7, 11) is 0. The number of benzene rings is 1. The molecule has 1 aromatic carbocycles. The minimum absolute atomic E-state index is 0.0227. The molecule has 0 unspecified atom stereocenters. The number of carbonyl (C=O) groups is 3. The lowest BCUT2D eigenvalue weighted by Crippen LogP contribution is -2.55. The molecule has 1 aliphatic carbocycles. The molecule has 0 aromatic heterocycles.